The molecule has 4 heteroatoms. The fourth-order valence-electron chi connectivity index (χ4n) is 3.10. The van der Waals surface area contributed by atoms with E-state index in [1.54, 1.807) is 4.90 Å². The van der Waals surface area contributed by atoms with Crippen molar-refractivity contribution in [2.24, 2.45) is 5.92 Å². The lowest BCUT2D eigenvalue weighted by Crippen LogP contribution is -2.48. The summed E-state index contributed by atoms with van der Waals surface area (Å²) in [5.41, 5.74) is 4.27. The van der Waals surface area contributed by atoms with E-state index in [1.807, 2.05) is 69.3 Å². The molecule has 150 valence electrons. The van der Waals surface area contributed by atoms with Gasteiger partial charge in [0.25, 0.3) is 0 Å². The zero-order valence-electron chi connectivity index (χ0n) is 17.7. The zero-order chi connectivity index (χ0) is 20.7. The van der Waals surface area contributed by atoms with E-state index >= 15 is 0 Å². The second-order valence-electron chi connectivity index (χ2n) is 7.93. The van der Waals surface area contributed by atoms with Gasteiger partial charge in [-0.1, -0.05) is 67.9 Å². The highest BCUT2D eigenvalue weighted by Gasteiger charge is 2.26. The SMILES string of the molecule is Cc1cccc(CC(=O)N(Cc2ccccc2C)[C@H](C)C(=O)NCC(C)C)c1. The van der Waals surface area contributed by atoms with Crippen LogP contribution >= 0.6 is 0 Å². The number of amides is 2. The van der Waals surface area contributed by atoms with Gasteiger partial charge in [-0.05, 0) is 43.4 Å². The maximum Gasteiger partial charge on any atom is 0.242 e. The summed E-state index contributed by atoms with van der Waals surface area (Å²) >= 11 is 0. The molecule has 2 aromatic carbocycles. The summed E-state index contributed by atoms with van der Waals surface area (Å²) in [6.45, 7) is 11.0. The highest BCUT2D eigenvalue weighted by molar-refractivity contribution is 5.88. The molecule has 0 bridgehead atoms. The topological polar surface area (TPSA) is 49.4 Å². The van der Waals surface area contributed by atoms with Gasteiger partial charge in [-0.25, -0.2) is 0 Å². The number of nitrogens with zero attached hydrogens (tertiary/aromatic N) is 1. The predicted molar refractivity (Wildman–Crippen MR) is 114 cm³/mol. The zero-order valence-corrected chi connectivity index (χ0v) is 17.7. The lowest BCUT2D eigenvalue weighted by Gasteiger charge is -2.29. The fraction of sp³-hybridized carbons (Fsp3) is 0.417. The monoisotopic (exact) mass is 380 g/mol. The Morgan fingerprint density at radius 1 is 1.00 bits per heavy atom. The van der Waals surface area contributed by atoms with E-state index < -0.39 is 6.04 Å². The van der Waals surface area contributed by atoms with E-state index in [4.69, 9.17) is 0 Å². The van der Waals surface area contributed by atoms with Crippen molar-refractivity contribution in [2.45, 2.75) is 53.6 Å². The summed E-state index contributed by atoms with van der Waals surface area (Å²) in [5.74, 6) is 0.213. The van der Waals surface area contributed by atoms with Crippen LogP contribution in [0.15, 0.2) is 48.5 Å². The van der Waals surface area contributed by atoms with Crippen molar-refractivity contribution in [2.75, 3.05) is 6.54 Å². The molecule has 2 aromatic rings. The quantitative estimate of drug-likeness (QED) is 0.751. The minimum absolute atomic E-state index is 0.0407. The number of nitrogens with one attached hydrogen (secondary N) is 1. The van der Waals surface area contributed by atoms with E-state index in [1.165, 1.54) is 0 Å². The molecule has 28 heavy (non-hydrogen) atoms. The lowest BCUT2D eigenvalue weighted by atomic mass is 10.0. The minimum Gasteiger partial charge on any atom is -0.354 e. The minimum atomic E-state index is -0.532. The molecular formula is C24H32N2O2. The normalized spacial score (nSPS) is 11.9. The molecule has 1 N–H and O–H groups in total. The van der Waals surface area contributed by atoms with Crippen LogP contribution in [0, 0.1) is 19.8 Å². The molecule has 0 spiro atoms. The number of aryl methyl sites for hydroxylation is 2. The molecule has 1 atom stereocenters. The number of benzene rings is 2. The summed E-state index contributed by atoms with van der Waals surface area (Å²) in [4.78, 5) is 27.5. The van der Waals surface area contributed by atoms with Crippen LogP contribution in [0.1, 0.15) is 43.0 Å². The van der Waals surface area contributed by atoms with Crippen LogP contribution in [-0.2, 0) is 22.6 Å². The smallest absolute Gasteiger partial charge is 0.242 e. The highest BCUT2D eigenvalue weighted by Crippen LogP contribution is 2.16. The summed E-state index contributed by atoms with van der Waals surface area (Å²) < 4.78 is 0. The van der Waals surface area contributed by atoms with E-state index in [0.29, 0.717) is 19.0 Å². The predicted octanol–water partition coefficient (Wildman–Crippen LogP) is 4.04. The molecule has 2 amide bonds. The average Bonchev–Trinajstić information content (AvgIpc) is 2.64. The average molecular weight is 381 g/mol. The molecule has 0 saturated carbocycles. The largest absolute Gasteiger partial charge is 0.354 e. The van der Waals surface area contributed by atoms with Crippen molar-refractivity contribution in [1.82, 2.24) is 10.2 Å². The van der Waals surface area contributed by atoms with Gasteiger partial charge in [0, 0.05) is 13.1 Å². The standard InChI is InChI=1S/C24H32N2O2/c1-17(2)15-25-24(28)20(5)26(16-22-12-7-6-10-19(22)4)23(27)14-21-11-8-9-18(3)13-21/h6-13,17,20H,14-16H2,1-5H3,(H,25,28)/t20-/m1/s1. The van der Waals surface area contributed by atoms with Crippen LogP contribution in [0.3, 0.4) is 0 Å². The van der Waals surface area contributed by atoms with Gasteiger partial charge in [0.2, 0.25) is 11.8 Å². The molecule has 0 aliphatic carbocycles. The first-order chi connectivity index (χ1) is 13.3. The lowest BCUT2D eigenvalue weighted by molar-refractivity contribution is -0.140. The third-order valence-corrected chi connectivity index (χ3v) is 4.89. The second kappa shape index (κ2) is 10.1. The molecule has 0 aromatic heterocycles. The first kappa shape index (κ1) is 21.7. The molecule has 0 radical (unpaired) electrons. The van der Waals surface area contributed by atoms with Gasteiger partial charge in [-0.15, -0.1) is 0 Å². The first-order valence-corrected chi connectivity index (χ1v) is 9.95. The van der Waals surface area contributed by atoms with E-state index in [9.17, 15) is 9.59 Å². The number of hydrogen-bond acceptors (Lipinski definition) is 2. The first-order valence-electron chi connectivity index (χ1n) is 9.95. The Morgan fingerprint density at radius 2 is 1.71 bits per heavy atom. The van der Waals surface area contributed by atoms with Crippen LogP contribution < -0.4 is 5.32 Å². The van der Waals surface area contributed by atoms with Crippen molar-refractivity contribution in [3.8, 4) is 0 Å². The van der Waals surface area contributed by atoms with Gasteiger partial charge in [0.1, 0.15) is 6.04 Å². The van der Waals surface area contributed by atoms with E-state index in [-0.39, 0.29) is 18.2 Å². The van der Waals surface area contributed by atoms with Crippen LogP contribution in [-0.4, -0.2) is 29.3 Å². The number of carbonyl (C=O) groups is 2. The molecular weight excluding hydrogens is 348 g/mol. The molecule has 0 saturated heterocycles. The van der Waals surface area contributed by atoms with Crippen molar-refractivity contribution in [1.29, 1.82) is 0 Å². The van der Waals surface area contributed by atoms with Crippen LogP contribution in [0.25, 0.3) is 0 Å². The van der Waals surface area contributed by atoms with Crippen molar-refractivity contribution in [3.05, 3.63) is 70.8 Å². The van der Waals surface area contributed by atoms with Gasteiger partial charge in [-0.2, -0.15) is 0 Å². The van der Waals surface area contributed by atoms with Gasteiger partial charge < -0.3 is 10.2 Å². The fourth-order valence-corrected chi connectivity index (χ4v) is 3.10. The molecule has 0 unspecified atom stereocenters. The summed E-state index contributed by atoms with van der Waals surface area (Å²) in [7, 11) is 0. The molecule has 4 nitrogen and oxygen atoms in total. The van der Waals surface area contributed by atoms with E-state index in [2.05, 4.69) is 19.2 Å². The second-order valence-corrected chi connectivity index (χ2v) is 7.93. The molecule has 0 aliphatic heterocycles. The third-order valence-electron chi connectivity index (χ3n) is 4.89. The van der Waals surface area contributed by atoms with Crippen LogP contribution in [0.4, 0.5) is 0 Å². The van der Waals surface area contributed by atoms with Gasteiger partial charge in [-0.3, -0.25) is 9.59 Å². The molecule has 2 rings (SSSR count). The summed E-state index contributed by atoms with van der Waals surface area (Å²) in [6, 6.07) is 15.4. The Hall–Kier alpha value is -2.62. The Bertz CT molecular complexity index is 814. The van der Waals surface area contributed by atoms with Crippen LogP contribution in [0.2, 0.25) is 0 Å². The maximum atomic E-state index is 13.2. The van der Waals surface area contributed by atoms with Gasteiger partial charge in [0.05, 0.1) is 6.42 Å². The van der Waals surface area contributed by atoms with Gasteiger partial charge >= 0.3 is 0 Å². The Morgan fingerprint density at radius 3 is 2.36 bits per heavy atom. The molecule has 0 aliphatic rings. The van der Waals surface area contributed by atoms with Crippen molar-refractivity contribution in [3.63, 3.8) is 0 Å². The summed E-state index contributed by atoms with van der Waals surface area (Å²) in [6.07, 6.45) is 0.287. The number of rotatable bonds is 8. The number of hydrogen-bond donors (Lipinski definition) is 1. The van der Waals surface area contributed by atoms with Crippen LogP contribution in [0.5, 0.6) is 0 Å². The molecule has 0 heterocycles. The highest BCUT2D eigenvalue weighted by atomic mass is 16.2. The van der Waals surface area contributed by atoms with E-state index in [0.717, 1.165) is 22.3 Å². The van der Waals surface area contributed by atoms with Crippen molar-refractivity contribution < 1.29 is 9.59 Å². The maximum absolute atomic E-state index is 13.2. The Labute approximate surface area is 169 Å². The van der Waals surface area contributed by atoms with Crippen molar-refractivity contribution >= 4 is 11.8 Å². The Balaban J connectivity index is 2.22. The summed E-state index contributed by atoms with van der Waals surface area (Å²) in [5, 5.41) is 2.96. The Kier molecular flexibility index (Phi) is 7.80. The van der Waals surface area contributed by atoms with Gasteiger partial charge in [0.15, 0.2) is 0 Å². The number of carbonyl (C=O) groups excluding carboxylic acids is 2. The molecule has 0 fully saturated rings. The third kappa shape index (κ3) is 6.22.